The molecule has 0 atom stereocenters. The number of alkyl halides is 3. The highest BCUT2D eigenvalue weighted by Crippen LogP contribution is 2.28. The Morgan fingerprint density at radius 1 is 0.920 bits per heavy atom. The van der Waals surface area contributed by atoms with E-state index >= 15 is 0 Å². The van der Waals surface area contributed by atoms with Gasteiger partial charge in [0, 0.05) is 5.56 Å². The fourth-order valence-electron chi connectivity index (χ4n) is 1.77. The second-order valence-electron chi connectivity index (χ2n) is 4.70. The van der Waals surface area contributed by atoms with Gasteiger partial charge < -0.3 is 10.6 Å². The average Bonchev–Trinajstić information content (AvgIpc) is 2.53. The Kier molecular flexibility index (Phi) is 5.00. The maximum Gasteiger partial charge on any atom is 0.471 e. The molecule has 0 saturated heterocycles. The lowest BCUT2D eigenvalue weighted by atomic mass is 10.2. The molecule has 2 aromatic rings. The van der Waals surface area contributed by atoms with Crippen molar-refractivity contribution in [3.05, 3.63) is 59.4 Å². The predicted octanol–water partition coefficient (Wildman–Crippen LogP) is 3.86. The molecule has 0 heterocycles. The van der Waals surface area contributed by atoms with Crippen LogP contribution in [0.15, 0.2) is 36.4 Å². The number of benzene rings is 2. The summed E-state index contributed by atoms with van der Waals surface area (Å²) in [5.74, 6) is -7.27. The molecule has 0 aromatic heterocycles. The van der Waals surface area contributed by atoms with E-state index in [0.29, 0.717) is 12.1 Å². The summed E-state index contributed by atoms with van der Waals surface area (Å²) in [6.07, 6.45) is -5.29. The van der Waals surface area contributed by atoms with Crippen molar-refractivity contribution in [3.63, 3.8) is 0 Å². The Hall–Kier alpha value is -3.04. The summed E-state index contributed by atoms with van der Waals surface area (Å²) < 4.78 is 77.5. The smallest absolute Gasteiger partial charge is 0.317 e. The Morgan fingerprint density at radius 3 is 2.20 bits per heavy atom. The average molecular weight is 362 g/mol. The van der Waals surface area contributed by atoms with E-state index in [0.717, 1.165) is 18.2 Å². The summed E-state index contributed by atoms with van der Waals surface area (Å²) in [6.45, 7) is 0. The van der Waals surface area contributed by atoms with Crippen LogP contribution >= 0.6 is 0 Å². The maximum absolute atomic E-state index is 14.1. The molecule has 2 N–H and O–H groups in total. The van der Waals surface area contributed by atoms with Crippen molar-refractivity contribution >= 4 is 23.2 Å². The molecule has 0 aliphatic rings. The highest BCUT2D eigenvalue weighted by Gasteiger charge is 2.39. The van der Waals surface area contributed by atoms with E-state index in [2.05, 4.69) is 0 Å². The van der Waals surface area contributed by atoms with Crippen LogP contribution in [-0.2, 0) is 4.79 Å². The molecule has 25 heavy (non-hydrogen) atoms. The van der Waals surface area contributed by atoms with Crippen LogP contribution in [0.25, 0.3) is 0 Å². The first-order valence-electron chi connectivity index (χ1n) is 6.52. The molecule has 2 rings (SSSR count). The monoisotopic (exact) mass is 362 g/mol. The first kappa shape index (κ1) is 18.3. The van der Waals surface area contributed by atoms with Crippen LogP contribution < -0.4 is 10.6 Å². The Bertz CT molecular complexity index is 835. The Labute approximate surface area is 136 Å². The van der Waals surface area contributed by atoms with E-state index in [1.54, 1.807) is 5.32 Å². The predicted molar refractivity (Wildman–Crippen MR) is 75.4 cm³/mol. The quantitative estimate of drug-likeness (QED) is 0.815. The highest BCUT2D eigenvalue weighted by molar-refractivity contribution is 6.05. The topological polar surface area (TPSA) is 58.2 Å². The molecule has 0 fully saturated rings. The molecule has 0 bridgehead atoms. The number of hydrogen-bond donors (Lipinski definition) is 2. The van der Waals surface area contributed by atoms with E-state index in [-0.39, 0.29) is 5.56 Å². The zero-order valence-corrected chi connectivity index (χ0v) is 12.0. The molecule has 0 aliphatic carbocycles. The summed E-state index contributed by atoms with van der Waals surface area (Å²) in [5.41, 5.74) is -2.35. The molecule has 0 radical (unpaired) electrons. The third kappa shape index (κ3) is 4.28. The summed E-state index contributed by atoms with van der Waals surface area (Å²) in [4.78, 5) is 22.7. The van der Waals surface area contributed by atoms with Crippen molar-refractivity contribution in [1.82, 2.24) is 0 Å². The summed E-state index contributed by atoms with van der Waals surface area (Å²) >= 11 is 0. The van der Waals surface area contributed by atoms with Gasteiger partial charge >= 0.3 is 12.1 Å². The van der Waals surface area contributed by atoms with Crippen LogP contribution in [0.4, 0.5) is 37.7 Å². The third-order valence-electron chi connectivity index (χ3n) is 2.92. The minimum absolute atomic E-state index is 0.275. The van der Waals surface area contributed by atoms with Crippen LogP contribution in [0, 0.1) is 17.5 Å². The van der Waals surface area contributed by atoms with E-state index in [1.165, 1.54) is 11.4 Å². The van der Waals surface area contributed by atoms with Crippen molar-refractivity contribution in [3.8, 4) is 0 Å². The SMILES string of the molecule is O=C(Nc1c(F)ccc(NC(=O)C(F)(F)F)c1F)c1cccc(F)c1. The number of halogens is 6. The van der Waals surface area contributed by atoms with Crippen LogP contribution in [0.5, 0.6) is 0 Å². The first-order chi connectivity index (χ1) is 11.6. The molecule has 10 heteroatoms. The Balaban J connectivity index is 2.30. The summed E-state index contributed by atoms with van der Waals surface area (Å²) in [7, 11) is 0. The van der Waals surface area contributed by atoms with Gasteiger partial charge in [-0.1, -0.05) is 6.07 Å². The van der Waals surface area contributed by atoms with E-state index in [1.807, 2.05) is 0 Å². The van der Waals surface area contributed by atoms with Gasteiger partial charge in [0.05, 0.1) is 5.69 Å². The normalized spacial score (nSPS) is 11.1. The van der Waals surface area contributed by atoms with Crippen LogP contribution in [0.2, 0.25) is 0 Å². The fraction of sp³-hybridized carbons (Fsp3) is 0.0667. The molecular formula is C15H8F6N2O2. The van der Waals surface area contributed by atoms with Crippen LogP contribution in [-0.4, -0.2) is 18.0 Å². The highest BCUT2D eigenvalue weighted by atomic mass is 19.4. The molecule has 2 aromatic carbocycles. The van der Waals surface area contributed by atoms with Gasteiger partial charge in [0.15, 0.2) is 5.82 Å². The van der Waals surface area contributed by atoms with Crippen molar-refractivity contribution < 1.29 is 35.9 Å². The lowest BCUT2D eigenvalue weighted by Crippen LogP contribution is -2.30. The lowest BCUT2D eigenvalue weighted by molar-refractivity contribution is -0.167. The lowest BCUT2D eigenvalue weighted by Gasteiger charge is -2.13. The molecule has 0 unspecified atom stereocenters. The van der Waals surface area contributed by atoms with Crippen LogP contribution in [0.3, 0.4) is 0 Å². The maximum atomic E-state index is 14.1. The molecule has 2 amide bonds. The van der Waals surface area contributed by atoms with E-state index in [9.17, 15) is 35.9 Å². The van der Waals surface area contributed by atoms with Gasteiger partial charge in [0.25, 0.3) is 5.91 Å². The van der Waals surface area contributed by atoms with Gasteiger partial charge in [-0.05, 0) is 30.3 Å². The largest absolute Gasteiger partial charge is 0.471 e. The van der Waals surface area contributed by atoms with Gasteiger partial charge in [0.2, 0.25) is 0 Å². The molecule has 132 valence electrons. The fourth-order valence-corrected chi connectivity index (χ4v) is 1.77. The number of hydrogen-bond acceptors (Lipinski definition) is 2. The zero-order chi connectivity index (χ0) is 18.8. The summed E-state index contributed by atoms with van der Waals surface area (Å²) in [5, 5.41) is 3.01. The number of amides is 2. The molecule has 0 spiro atoms. The van der Waals surface area contributed by atoms with Crippen molar-refractivity contribution in [2.24, 2.45) is 0 Å². The molecule has 0 aliphatic heterocycles. The zero-order valence-electron chi connectivity index (χ0n) is 12.0. The van der Waals surface area contributed by atoms with Crippen LogP contribution in [0.1, 0.15) is 10.4 Å². The summed E-state index contributed by atoms with van der Waals surface area (Å²) in [6, 6.07) is 5.27. The third-order valence-corrected chi connectivity index (χ3v) is 2.92. The van der Waals surface area contributed by atoms with Gasteiger partial charge in [-0.15, -0.1) is 0 Å². The standard InChI is InChI=1S/C15H8F6N2O2/c16-8-3-1-2-7(6-8)13(24)23-12-9(17)4-5-10(11(12)18)22-14(25)15(19,20)21/h1-6H,(H,22,25)(H,23,24). The minimum atomic E-state index is -5.29. The van der Waals surface area contributed by atoms with E-state index in [4.69, 9.17) is 0 Å². The van der Waals surface area contributed by atoms with Gasteiger partial charge in [0.1, 0.15) is 17.3 Å². The first-order valence-corrected chi connectivity index (χ1v) is 6.52. The number of rotatable bonds is 3. The number of carbonyl (C=O) groups is 2. The van der Waals surface area contributed by atoms with Gasteiger partial charge in [-0.3, -0.25) is 9.59 Å². The van der Waals surface area contributed by atoms with E-state index < -0.39 is 46.8 Å². The number of carbonyl (C=O) groups excluding carboxylic acids is 2. The van der Waals surface area contributed by atoms with Crippen molar-refractivity contribution in [1.29, 1.82) is 0 Å². The molecule has 0 saturated carbocycles. The second-order valence-corrected chi connectivity index (χ2v) is 4.70. The minimum Gasteiger partial charge on any atom is -0.317 e. The van der Waals surface area contributed by atoms with Crippen molar-refractivity contribution in [2.75, 3.05) is 10.6 Å². The number of anilines is 2. The molecule has 4 nitrogen and oxygen atoms in total. The number of nitrogens with one attached hydrogen (secondary N) is 2. The van der Waals surface area contributed by atoms with Gasteiger partial charge in [-0.2, -0.15) is 13.2 Å². The van der Waals surface area contributed by atoms with Gasteiger partial charge in [-0.25, -0.2) is 13.2 Å². The second kappa shape index (κ2) is 6.83. The van der Waals surface area contributed by atoms with Crippen molar-refractivity contribution in [2.45, 2.75) is 6.18 Å². The Morgan fingerprint density at radius 2 is 1.60 bits per heavy atom. The molecular weight excluding hydrogens is 354 g/mol.